The first-order valence-corrected chi connectivity index (χ1v) is 26.4. The minimum Gasteiger partial charge on any atom is -0.506 e. The Morgan fingerprint density at radius 2 is 1.11 bits per heavy atom. The zero-order valence-corrected chi connectivity index (χ0v) is 49.7. The number of phenolic OH excluding ortho intramolecular Hbond substituents is 2. The van der Waals surface area contributed by atoms with Crippen molar-refractivity contribution in [3.63, 3.8) is 0 Å². The number of hydrogen-bond donors (Lipinski definition) is 8. The molecule has 7 aromatic rings. The number of hydrogen-bond acceptors (Lipinski definition) is 36. The van der Waals surface area contributed by atoms with Crippen LogP contribution in [0.15, 0.2) is 67.3 Å². The van der Waals surface area contributed by atoms with Crippen molar-refractivity contribution in [3.8, 4) is 58.8 Å². The van der Waals surface area contributed by atoms with E-state index < -0.39 is 83.3 Å². The van der Waals surface area contributed by atoms with E-state index in [1.807, 2.05) is 0 Å². The smallest absolute Gasteiger partial charge is 0.315 e. The summed E-state index contributed by atoms with van der Waals surface area (Å²) < 4.78 is 34.3. The number of ether oxygens (including phenoxy) is 4. The van der Waals surface area contributed by atoms with E-state index in [2.05, 4.69) is 53.4 Å². The number of nitro benzene ring substituents is 3. The second kappa shape index (κ2) is 37.7. The summed E-state index contributed by atoms with van der Waals surface area (Å²) in [7, 11) is 5.05. The van der Waals surface area contributed by atoms with Crippen molar-refractivity contribution >= 4 is 141 Å². The number of aromatic nitrogens is 8. The van der Waals surface area contributed by atoms with Gasteiger partial charge in [0.1, 0.15) is 56.1 Å². The number of rotatable bonds is 18. The standard InChI is InChI=1S/C14H11N5O6S.C12H9N5O6S.C9H8ClNO5.C5H4N4OS.C3H2ClNO.C2H3N3S/c1-24-10-4-7(3-9(19(22)23)12(10)25-2)11(20)8(5-15)13(21)18-14-16-6-17-26-14;13-3-6(11(21)16-12-14-4-15-24-12)9(19)5-1-7(17(22)23)10(20)8(18)2-5;1-15-7-4-5(9(10)12)3-6(11(13)14)8(7)16-2;6-2-1-4(10)9-5-7-3-8-11-5;4-3(6)1-2-5;3-2-4-1-5-6-2/h3-4,6,20H,1-2H3,(H,16,17,18,21);1-2,4,6,9,18-20H,(H,14,15,16,21);3-4H,1-2H3;3H,1H2,(H,7,8,9,10);1H2;1H,(H2,3,4,5)/b11-8-;;;;;. The van der Waals surface area contributed by atoms with E-state index in [9.17, 15) is 80.0 Å². The van der Waals surface area contributed by atoms with E-state index in [1.165, 1.54) is 77.4 Å². The molecular formula is C45H37Cl2N19O19S4. The Labute approximate surface area is 522 Å². The Hall–Kier alpha value is -11.5. The fraction of sp³-hybridized carbons (Fsp3) is 0.178. The zero-order chi connectivity index (χ0) is 66.9. The Bertz CT molecular complexity index is 3820. The van der Waals surface area contributed by atoms with Gasteiger partial charge in [-0.05, 0) is 47.0 Å². The second-order valence-corrected chi connectivity index (χ2v) is 18.8. The van der Waals surface area contributed by atoms with Crippen LogP contribution in [0.1, 0.15) is 40.4 Å². The summed E-state index contributed by atoms with van der Waals surface area (Å²) in [4.78, 5) is 101. The highest BCUT2D eigenvalue weighted by atomic mass is 35.5. The SMILES string of the molecule is COc1cc(/C(O)=C(\C#N)C(=O)Nc2ncns2)cc([N+](=O)[O-])c1OC.COc1cc(C(=O)Cl)cc([N+](=O)[O-])c1OC.N#CC(C(=O)Nc1ncns1)C(O)c1cc(O)c(O)c([N+](=O)[O-])c1.N#CCC(=O)Cl.N#CCC(=O)Nc1ncns1.Nc1ncns1. The van der Waals surface area contributed by atoms with Crippen LogP contribution in [0.2, 0.25) is 0 Å². The number of halogens is 2. The molecule has 44 heteroatoms. The van der Waals surface area contributed by atoms with Crippen molar-refractivity contribution in [1.29, 1.82) is 21.0 Å². The second-order valence-electron chi connectivity index (χ2n) is 14.8. The number of benzene rings is 3. The van der Waals surface area contributed by atoms with Crippen LogP contribution in [0, 0.1) is 81.6 Å². The number of nitrogens with zero attached hydrogens (tertiary/aromatic N) is 15. The fourth-order valence-corrected chi connectivity index (χ4v) is 7.45. The molecule has 3 aromatic carbocycles. The van der Waals surface area contributed by atoms with Gasteiger partial charge in [0.2, 0.25) is 49.7 Å². The minimum atomic E-state index is -1.78. The summed E-state index contributed by atoms with van der Waals surface area (Å²) in [5.74, 6) is -6.63. The van der Waals surface area contributed by atoms with Crippen LogP contribution >= 0.6 is 69.3 Å². The summed E-state index contributed by atoms with van der Waals surface area (Å²) in [6, 6.07) is 12.5. The van der Waals surface area contributed by atoms with Gasteiger partial charge in [0.25, 0.3) is 11.1 Å². The number of phenols is 2. The first-order valence-electron chi connectivity index (χ1n) is 22.6. The highest BCUT2D eigenvalue weighted by Crippen LogP contribution is 2.41. The van der Waals surface area contributed by atoms with Crippen molar-refractivity contribution in [1.82, 2.24) is 37.4 Å². The molecule has 0 spiro atoms. The van der Waals surface area contributed by atoms with Gasteiger partial charge in [0.15, 0.2) is 33.9 Å². The molecule has 4 aromatic heterocycles. The number of aliphatic hydroxyl groups excluding tert-OH is 2. The lowest BCUT2D eigenvalue weighted by Crippen LogP contribution is -2.27. The maximum absolute atomic E-state index is 12.2. The number of nitro groups is 3. The fourth-order valence-electron chi connectivity index (χ4n) is 5.67. The first-order chi connectivity index (χ1) is 42.3. The van der Waals surface area contributed by atoms with Crippen molar-refractivity contribution in [2.24, 2.45) is 5.92 Å². The number of amides is 3. The highest BCUT2D eigenvalue weighted by molar-refractivity contribution is 7.10. The lowest BCUT2D eigenvalue weighted by Gasteiger charge is -2.16. The number of carbonyl (C=O) groups excluding carboxylic acids is 5. The number of nitrogens with two attached hydrogens (primary N) is 1. The predicted octanol–water partition coefficient (Wildman–Crippen LogP) is 5.73. The quantitative estimate of drug-likeness (QED) is 0.00966. The Morgan fingerprint density at radius 1 is 0.652 bits per heavy atom. The molecule has 0 bridgehead atoms. The molecule has 464 valence electrons. The molecule has 0 aliphatic rings. The normalized spacial score (nSPS) is 10.6. The van der Waals surface area contributed by atoms with Gasteiger partial charge in [-0.1, -0.05) is 0 Å². The third-order valence-corrected chi connectivity index (χ3v) is 12.0. The molecule has 0 saturated heterocycles. The van der Waals surface area contributed by atoms with Crippen molar-refractivity contribution in [2.45, 2.75) is 18.9 Å². The van der Waals surface area contributed by atoms with E-state index in [0.29, 0.717) is 10.3 Å². The van der Waals surface area contributed by atoms with Gasteiger partial charge in [-0.2, -0.15) is 38.5 Å². The van der Waals surface area contributed by atoms with Gasteiger partial charge in [0.05, 0.1) is 61.4 Å². The molecule has 7 rings (SSSR count). The molecule has 0 saturated carbocycles. The summed E-state index contributed by atoms with van der Waals surface area (Å²) >= 11 is 14.0. The third kappa shape index (κ3) is 23.5. The maximum Gasteiger partial charge on any atom is 0.315 e. The molecule has 0 fully saturated rings. The average Bonchev–Trinajstić information content (AvgIpc) is 3.88. The summed E-state index contributed by atoms with van der Waals surface area (Å²) in [6.07, 6.45) is 3.02. The molecule has 0 aliphatic carbocycles. The van der Waals surface area contributed by atoms with Gasteiger partial charge in [-0.15, -0.1) is 0 Å². The van der Waals surface area contributed by atoms with Crippen LogP contribution in [-0.2, 0) is 19.2 Å². The van der Waals surface area contributed by atoms with E-state index in [1.54, 1.807) is 24.3 Å². The topological polar surface area (TPSA) is 593 Å². The monoisotopic (exact) mass is 1350 g/mol. The third-order valence-electron chi connectivity index (χ3n) is 9.37. The van der Waals surface area contributed by atoms with Crippen LogP contribution in [-0.4, -0.2) is 129 Å². The van der Waals surface area contributed by atoms with Crippen LogP contribution < -0.4 is 40.6 Å². The average molecular weight is 1350 g/mol. The van der Waals surface area contributed by atoms with Crippen molar-refractivity contribution in [3.05, 3.63) is 114 Å². The van der Waals surface area contributed by atoms with Crippen LogP contribution in [0.4, 0.5) is 37.6 Å². The molecular weight excluding hydrogens is 1310 g/mol. The van der Waals surface area contributed by atoms with Crippen molar-refractivity contribution < 1.29 is 78.1 Å². The van der Waals surface area contributed by atoms with E-state index in [4.69, 9.17) is 63.7 Å². The zero-order valence-electron chi connectivity index (χ0n) is 44.9. The molecule has 2 unspecified atom stereocenters. The summed E-state index contributed by atoms with van der Waals surface area (Å²) in [5, 5.41) is 113. The van der Waals surface area contributed by atoms with E-state index in [0.717, 1.165) is 58.9 Å². The number of anilines is 4. The molecule has 4 heterocycles. The number of aliphatic hydroxyl groups is 2. The van der Waals surface area contributed by atoms with Crippen LogP contribution in [0.5, 0.6) is 34.5 Å². The summed E-state index contributed by atoms with van der Waals surface area (Å²) in [6.45, 7) is 0. The molecule has 2 atom stereocenters. The highest BCUT2D eigenvalue weighted by Gasteiger charge is 2.32. The van der Waals surface area contributed by atoms with Gasteiger partial charge >= 0.3 is 17.1 Å². The number of carbonyl (C=O) groups is 5. The molecule has 38 nitrogen and oxygen atoms in total. The number of methoxy groups -OCH3 is 4. The Balaban J connectivity index is 0.000000392. The largest absolute Gasteiger partial charge is 0.506 e. The van der Waals surface area contributed by atoms with Gasteiger partial charge < -0.3 is 45.1 Å². The van der Waals surface area contributed by atoms with Crippen LogP contribution in [0.3, 0.4) is 0 Å². The van der Waals surface area contributed by atoms with Crippen LogP contribution in [0.25, 0.3) is 5.76 Å². The Morgan fingerprint density at radius 3 is 1.47 bits per heavy atom. The van der Waals surface area contributed by atoms with E-state index >= 15 is 0 Å². The minimum absolute atomic E-state index is 0.0222. The Kier molecular flexibility index (Phi) is 31.2. The number of nitrogens with one attached hydrogen (secondary N) is 3. The van der Waals surface area contributed by atoms with E-state index in [-0.39, 0.29) is 74.4 Å². The number of nitrogen functional groups attached to an aromatic ring is 1. The van der Waals surface area contributed by atoms with Gasteiger partial charge in [-0.25, -0.2) is 19.9 Å². The predicted molar refractivity (Wildman–Crippen MR) is 309 cm³/mol. The van der Waals surface area contributed by atoms with Gasteiger partial charge in [0, 0.05) is 75.5 Å². The molecule has 0 aliphatic heterocycles. The van der Waals surface area contributed by atoms with Gasteiger partial charge in [-0.3, -0.25) is 70.3 Å². The maximum atomic E-state index is 12.2. The lowest BCUT2D eigenvalue weighted by atomic mass is 9.95. The number of aromatic hydroxyl groups is 2. The molecule has 9 N–H and O–H groups in total. The lowest BCUT2D eigenvalue weighted by molar-refractivity contribution is -0.386. The first kappa shape index (κ1) is 73.6. The van der Waals surface area contributed by atoms with Crippen molar-refractivity contribution in [2.75, 3.05) is 50.1 Å². The molecule has 0 radical (unpaired) electrons. The molecule has 3 amide bonds. The number of nitriles is 4. The summed E-state index contributed by atoms with van der Waals surface area (Å²) in [5.41, 5.74) is 2.24. The molecule has 89 heavy (non-hydrogen) atoms.